The minimum atomic E-state index is -3.69. The summed E-state index contributed by atoms with van der Waals surface area (Å²) < 4.78 is 55.3. The first-order valence-electron chi connectivity index (χ1n) is 10.7. The van der Waals surface area contributed by atoms with Crippen LogP contribution >= 0.6 is 0 Å². The third kappa shape index (κ3) is 4.87. The SMILES string of the molecule is CC(C)c1ccc(S(=O)(=O)N2CCN(S(=O)(=O)c3ccc(C(C)C)cc3)C(C)C2)cc1. The van der Waals surface area contributed by atoms with E-state index in [-0.39, 0.29) is 29.4 Å². The molecule has 2 aromatic carbocycles. The lowest BCUT2D eigenvalue weighted by molar-refractivity contribution is 0.212. The van der Waals surface area contributed by atoms with Crippen LogP contribution in [-0.2, 0) is 20.0 Å². The van der Waals surface area contributed by atoms with Gasteiger partial charge in [-0.15, -0.1) is 0 Å². The first kappa shape index (κ1) is 23.9. The van der Waals surface area contributed by atoms with Crippen LogP contribution < -0.4 is 0 Å². The number of piperazine rings is 1. The van der Waals surface area contributed by atoms with Crippen LogP contribution in [0.2, 0.25) is 0 Å². The summed E-state index contributed by atoms with van der Waals surface area (Å²) in [6.07, 6.45) is 0. The van der Waals surface area contributed by atoms with E-state index in [1.807, 2.05) is 24.3 Å². The Labute approximate surface area is 187 Å². The maximum Gasteiger partial charge on any atom is 0.243 e. The molecule has 0 aliphatic carbocycles. The molecule has 0 radical (unpaired) electrons. The van der Waals surface area contributed by atoms with Crippen molar-refractivity contribution < 1.29 is 16.8 Å². The Morgan fingerprint density at radius 1 is 0.710 bits per heavy atom. The fraction of sp³-hybridized carbons (Fsp3) is 0.478. The van der Waals surface area contributed by atoms with Crippen molar-refractivity contribution in [3.8, 4) is 0 Å². The fourth-order valence-corrected chi connectivity index (χ4v) is 6.94. The summed E-state index contributed by atoms with van der Waals surface area (Å²) in [5.74, 6) is 0.638. The molecular formula is C23H32N2O4S2. The molecule has 0 bridgehead atoms. The van der Waals surface area contributed by atoms with Crippen molar-refractivity contribution in [2.75, 3.05) is 19.6 Å². The highest BCUT2D eigenvalue weighted by molar-refractivity contribution is 7.89. The van der Waals surface area contributed by atoms with Gasteiger partial charge in [0.1, 0.15) is 0 Å². The lowest BCUT2D eigenvalue weighted by Gasteiger charge is -2.38. The Kier molecular flexibility index (Phi) is 6.96. The van der Waals surface area contributed by atoms with Crippen molar-refractivity contribution >= 4 is 20.0 Å². The van der Waals surface area contributed by atoms with Gasteiger partial charge in [0.15, 0.2) is 0 Å². The molecule has 0 spiro atoms. The van der Waals surface area contributed by atoms with Crippen LogP contribution in [0, 0.1) is 0 Å². The lowest BCUT2D eigenvalue weighted by atomic mass is 10.0. The molecule has 8 heteroatoms. The molecule has 0 aromatic heterocycles. The predicted molar refractivity (Wildman–Crippen MR) is 123 cm³/mol. The van der Waals surface area contributed by atoms with Crippen molar-refractivity contribution in [2.45, 2.75) is 62.3 Å². The summed E-state index contributed by atoms with van der Waals surface area (Å²) in [6.45, 7) is 10.4. The van der Waals surface area contributed by atoms with Gasteiger partial charge >= 0.3 is 0 Å². The smallest absolute Gasteiger partial charge is 0.207 e. The highest BCUT2D eigenvalue weighted by Gasteiger charge is 2.38. The minimum Gasteiger partial charge on any atom is -0.207 e. The first-order chi connectivity index (χ1) is 14.4. The maximum atomic E-state index is 13.2. The Balaban J connectivity index is 1.77. The Morgan fingerprint density at radius 3 is 1.52 bits per heavy atom. The molecule has 6 nitrogen and oxygen atoms in total. The summed E-state index contributed by atoms with van der Waals surface area (Å²) in [4.78, 5) is 0.481. The average Bonchev–Trinajstić information content (AvgIpc) is 2.73. The van der Waals surface area contributed by atoms with Gasteiger partial charge in [0, 0.05) is 25.7 Å². The van der Waals surface area contributed by atoms with Crippen LogP contribution in [0.15, 0.2) is 58.3 Å². The van der Waals surface area contributed by atoms with Crippen LogP contribution in [0.4, 0.5) is 0 Å². The van der Waals surface area contributed by atoms with E-state index in [1.54, 1.807) is 31.2 Å². The van der Waals surface area contributed by atoms with E-state index >= 15 is 0 Å². The molecule has 0 N–H and O–H groups in total. The molecule has 2 aromatic rings. The summed E-state index contributed by atoms with van der Waals surface area (Å²) in [5.41, 5.74) is 2.15. The Hall–Kier alpha value is -1.74. The summed E-state index contributed by atoms with van der Waals surface area (Å²) >= 11 is 0. The van der Waals surface area contributed by atoms with E-state index in [4.69, 9.17) is 0 Å². The first-order valence-corrected chi connectivity index (χ1v) is 13.5. The summed E-state index contributed by atoms with van der Waals surface area (Å²) in [7, 11) is -7.36. The molecule has 31 heavy (non-hydrogen) atoms. The Morgan fingerprint density at radius 2 is 1.13 bits per heavy atom. The number of hydrogen-bond acceptors (Lipinski definition) is 4. The zero-order valence-electron chi connectivity index (χ0n) is 18.8. The molecule has 1 fully saturated rings. The normalized spacial score (nSPS) is 19.3. The van der Waals surface area contributed by atoms with E-state index in [1.165, 1.54) is 8.61 Å². The molecule has 1 unspecified atom stereocenters. The van der Waals surface area contributed by atoms with E-state index in [9.17, 15) is 16.8 Å². The molecule has 0 amide bonds. The maximum absolute atomic E-state index is 13.2. The van der Waals surface area contributed by atoms with Gasteiger partial charge in [-0.3, -0.25) is 0 Å². The topological polar surface area (TPSA) is 74.8 Å². The largest absolute Gasteiger partial charge is 0.243 e. The van der Waals surface area contributed by atoms with Gasteiger partial charge in [-0.05, 0) is 54.2 Å². The van der Waals surface area contributed by atoms with Crippen molar-refractivity contribution in [2.24, 2.45) is 0 Å². The molecule has 170 valence electrons. The minimum absolute atomic E-state index is 0.123. The number of nitrogens with zero attached hydrogens (tertiary/aromatic N) is 2. The van der Waals surface area contributed by atoms with Crippen LogP contribution in [-0.4, -0.2) is 51.1 Å². The van der Waals surface area contributed by atoms with Crippen molar-refractivity contribution in [1.82, 2.24) is 8.61 Å². The quantitative estimate of drug-likeness (QED) is 0.647. The zero-order chi connectivity index (χ0) is 23.0. The lowest BCUT2D eigenvalue weighted by Crippen LogP contribution is -2.55. The second-order valence-electron chi connectivity index (χ2n) is 8.78. The average molecular weight is 465 g/mol. The van der Waals surface area contributed by atoms with Crippen LogP contribution in [0.1, 0.15) is 57.6 Å². The monoisotopic (exact) mass is 464 g/mol. The highest BCUT2D eigenvalue weighted by Crippen LogP contribution is 2.27. The van der Waals surface area contributed by atoms with Crippen LogP contribution in [0.5, 0.6) is 0 Å². The van der Waals surface area contributed by atoms with Crippen molar-refractivity contribution in [1.29, 1.82) is 0 Å². The van der Waals surface area contributed by atoms with Gasteiger partial charge in [0.25, 0.3) is 0 Å². The number of hydrogen-bond donors (Lipinski definition) is 0. The van der Waals surface area contributed by atoms with Gasteiger partial charge in [0.05, 0.1) is 9.79 Å². The van der Waals surface area contributed by atoms with Gasteiger partial charge in [-0.2, -0.15) is 8.61 Å². The van der Waals surface area contributed by atoms with Gasteiger partial charge in [-0.1, -0.05) is 52.0 Å². The highest BCUT2D eigenvalue weighted by atomic mass is 32.2. The molecule has 3 rings (SSSR count). The van der Waals surface area contributed by atoms with Crippen molar-refractivity contribution in [3.63, 3.8) is 0 Å². The van der Waals surface area contributed by atoms with Crippen LogP contribution in [0.25, 0.3) is 0 Å². The third-order valence-electron chi connectivity index (χ3n) is 5.87. The van der Waals surface area contributed by atoms with E-state index in [0.29, 0.717) is 11.8 Å². The second kappa shape index (κ2) is 9.02. The number of sulfonamides is 2. The molecule has 1 atom stereocenters. The van der Waals surface area contributed by atoms with Crippen molar-refractivity contribution in [3.05, 3.63) is 59.7 Å². The van der Waals surface area contributed by atoms with Crippen LogP contribution in [0.3, 0.4) is 0 Å². The number of benzene rings is 2. The van der Waals surface area contributed by atoms with E-state index in [2.05, 4.69) is 27.7 Å². The van der Waals surface area contributed by atoms with E-state index in [0.717, 1.165) is 11.1 Å². The molecule has 1 aliphatic rings. The molecular weight excluding hydrogens is 432 g/mol. The second-order valence-corrected chi connectivity index (χ2v) is 12.6. The zero-order valence-corrected chi connectivity index (χ0v) is 20.4. The van der Waals surface area contributed by atoms with Gasteiger partial charge in [0.2, 0.25) is 20.0 Å². The molecule has 0 saturated carbocycles. The molecule has 1 heterocycles. The van der Waals surface area contributed by atoms with Gasteiger partial charge < -0.3 is 0 Å². The van der Waals surface area contributed by atoms with Gasteiger partial charge in [-0.25, -0.2) is 16.8 Å². The molecule has 1 saturated heterocycles. The standard InChI is InChI=1S/C23H32N2O4S2/c1-17(2)20-6-10-22(11-7-20)30(26,27)24-14-15-25(19(5)16-24)31(28,29)23-12-8-21(9-13-23)18(3)4/h6-13,17-19H,14-16H2,1-5H3. The summed E-state index contributed by atoms with van der Waals surface area (Å²) in [5, 5.41) is 0. The summed E-state index contributed by atoms with van der Waals surface area (Å²) in [6, 6.07) is 13.4. The Bertz CT molecular complexity index is 1110. The fourth-order valence-electron chi connectivity index (χ4n) is 3.82. The predicted octanol–water partition coefficient (Wildman–Crippen LogP) is 4.02. The number of rotatable bonds is 6. The van der Waals surface area contributed by atoms with E-state index < -0.39 is 26.1 Å². The third-order valence-corrected chi connectivity index (χ3v) is 9.77. The molecule has 1 aliphatic heterocycles.